The lowest BCUT2D eigenvalue weighted by Gasteiger charge is -2.25. The highest BCUT2D eigenvalue weighted by Crippen LogP contribution is 2.10. The third kappa shape index (κ3) is 11.5. The smallest absolute Gasteiger partial charge is 0.243 e. The molecule has 1 aromatic rings. The molecule has 13 nitrogen and oxygen atoms in total. The summed E-state index contributed by atoms with van der Waals surface area (Å²) >= 11 is 0. The van der Waals surface area contributed by atoms with Gasteiger partial charge in [-0.2, -0.15) is 0 Å². The van der Waals surface area contributed by atoms with Gasteiger partial charge in [0, 0.05) is 18.3 Å². The molecular weight excluding hydrogens is 492 g/mol. The Kier molecular flexibility index (Phi) is 14.4. The molecule has 38 heavy (non-hydrogen) atoms. The molecule has 0 fully saturated rings. The van der Waals surface area contributed by atoms with E-state index in [1.807, 2.05) is 34.6 Å². The van der Waals surface area contributed by atoms with Crippen LogP contribution in [0.4, 0.5) is 0 Å². The number of ketones is 2. The fourth-order valence-electron chi connectivity index (χ4n) is 3.92. The number of imidazole rings is 1. The van der Waals surface area contributed by atoms with E-state index in [2.05, 4.69) is 31.3 Å². The molecule has 1 aromatic heterocycles. The lowest BCUT2D eigenvalue weighted by Crippen LogP contribution is -2.58. The molecule has 0 saturated carbocycles. The topological polar surface area (TPSA) is 214 Å². The summed E-state index contributed by atoms with van der Waals surface area (Å²) in [5.74, 6) is 2.05. The third-order valence-electron chi connectivity index (χ3n) is 5.78. The van der Waals surface area contributed by atoms with Gasteiger partial charge in [0.25, 0.3) is 0 Å². The number of carbonyl (C=O) groups excluding carboxylic acids is 5. The molecule has 13 heteroatoms. The fourth-order valence-corrected chi connectivity index (χ4v) is 3.92. The van der Waals surface area contributed by atoms with Crippen molar-refractivity contribution in [3.05, 3.63) is 18.2 Å². The van der Waals surface area contributed by atoms with E-state index in [9.17, 15) is 24.0 Å². The summed E-state index contributed by atoms with van der Waals surface area (Å²) in [5, 5.41) is 8.16. The van der Waals surface area contributed by atoms with Crippen molar-refractivity contribution in [2.45, 2.75) is 90.9 Å². The Morgan fingerprint density at radius 3 is 1.95 bits per heavy atom. The molecular formula is C25H44N8O5. The SMILES string of the molecule is CCCN[C@@H](CC(C)C)C(=O)C(=O)[C@H](Cc1cnc[nH]1)NC(=O)C(CC(N)=O)NC(=O)[C@H](CC(C)C)NN. The van der Waals surface area contributed by atoms with Crippen LogP contribution >= 0.6 is 0 Å². The standard InChI is InChI=1S/C25H44N8O5/c1-6-7-29-17(8-14(2)3)22(35)23(36)18(10-16-12-28-13-30-16)31-24(37)19(11-21(26)34)32-25(38)20(33-27)9-15(4)5/h12-15,17-20,29,33H,6-11,27H2,1-5H3,(H2,26,34)(H,28,30)(H,31,37)(H,32,38)/t17-,18-,19?,20-/m0/s1. The van der Waals surface area contributed by atoms with Crippen molar-refractivity contribution in [2.75, 3.05) is 6.54 Å². The van der Waals surface area contributed by atoms with Gasteiger partial charge >= 0.3 is 0 Å². The molecule has 0 saturated heterocycles. The van der Waals surface area contributed by atoms with Crippen LogP contribution in [0.1, 0.15) is 66.0 Å². The minimum atomic E-state index is -1.38. The second-order valence-corrected chi connectivity index (χ2v) is 10.3. The number of primary amides is 1. The molecule has 0 aliphatic carbocycles. The van der Waals surface area contributed by atoms with Gasteiger partial charge in [-0.3, -0.25) is 29.8 Å². The summed E-state index contributed by atoms with van der Waals surface area (Å²) in [7, 11) is 0. The summed E-state index contributed by atoms with van der Waals surface area (Å²) in [5.41, 5.74) is 8.24. The normalized spacial score (nSPS) is 14.5. The van der Waals surface area contributed by atoms with Gasteiger partial charge < -0.3 is 26.7 Å². The zero-order valence-electron chi connectivity index (χ0n) is 23.0. The Bertz CT molecular complexity index is 919. The average Bonchev–Trinajstić information content (AvgIpc) is 3.35. The fraction of sp³-hybridized carbons (Fsp3) is 0.680. The number of hydrazine groups is 1. The number of nitrogens with two attached hydrogens (primary N) is 2. The number of aromatic nitrogens is 2. The first-order valence-corrected chi connectivity index (χ1v) is 13.0. The quantitative estimate of drug-likeness (QED) is 0.0670. The van der Waals surface area contributed by atoms with E-state index in [0.717, 1.165) is 6.42 Å². The highest BCUT2D eigenvalue weighted by Gasteiger charge is 2.35. The van der Waals surface area contributed by atoms with Gasteiger partial charge in [0.1, 0.15) is 12.1 Å². The number of nitrogens with one attached hydrogen (secondary N) is 5. The van der Waals surface area contributed by atoms with Gasteiger partial charge in [0.05, 0.1) is 24.8 Å². The van der Waals surface area contributed by atoms with Crippen LogP contribution in [0, 0.1) is 11.8 Å². The predicted molar refractivity (Wildman–Crippen MR) is 142 cm³/mol. The molecule has 0 radical (unpaired) electrons. The van der Waals surface area contributed by atoms with E-state index in [1.54, 1.807) is 0 Å². The first-order valence-electron chi connectivity index (χ1n) is 13.0. The summed E-state index contributed by atoms with van der Waals surface area (Å²) in [6.07, 6.45) is 3.93. The maximum Gasteiger partial charge on any atom is 0.243 e. The number of hydrogen-bond acceptors (Lipinski definition) is 9. The molecule has 0 aromatic carbocycles. The lowest BCUT2D eigenvalue weighted by atomic mass is 9.93. The zero-order valence-corrected chi connectivity index (χ0v) is 23.0. The number of carbonyl (C=O) groups is 5. The van der Waals surface area contributed by atoms with Crippen molar-refractivity contribution in [2.24, 2.45) is 23.4 Å². The number of rotatable bonds is 19. The van der Waals surface area contributed by atoms with Crippen LogP contribution in [0.3, 0.4) is 0 Å². The summed E-state index contributed by atoms with van der Waals surface area (Å²) in [4.78, 5) is 71.1. The van der Waals surface area contributed by atoms with E-state index in [-0.39, 0.29) is 18.3 Å². The van der Waals surface area contributed by atoms with Crippen molar-refractivity contribution in [3.63, 3.8) is 0 Å². The molecule has 1 heterocycles. The number of Topliss-reactive ketones (excluding diaryl/α,β-unsaturated/α-hetero) is 2. The number of amides is 3. The molecule has 0 aliphatic rings. The number of H-pyrrole nitrogens is 1. The molecule has 214 valence electrons. The third-order valence-corrected chi connectivity index (χ3v) is 5.78. The molecule has 4 atom stereocenters. The Morgan fingerprint density at radius 1 is 0.895 bits per heavy atom. The lowest BCUT2D eigenvalue weighted by molar-refractivity contribution is -0.140. The van der Waals surface area contributed by atoms with Crippen molar-refractivity contribution in [3.8, 4) is 0 Å². The minimum absolute atomic E-state index is 0.0456. The number of aromatic amines is 1. The molecule has 0 aliphatic heterocycles. The summed E-state index contributed by atoms with van der Waals surface area (Å²) < 4.78 is 0. The van der Waals surface area contributed by atoms with E-state index in [4.69, 9.17) is 11.6 Å². The van der Waals surface area contributed by atoms with Gasteiger partial charge in [0.15, 0.2) is 0 Å². The summed E-state index contributed by atoms with van der Waals surface area (Å²) in [6, 6.07) is -4.17. The van der Waals surface area contributed by atoms with E-state index < -0.39 is 59.9 Å². The van der Waals surface area contributed by atoms with Crippen LogP contribution < -0.4 is 33.0 Å². The molecule has 1 rings (SSSR count). The largest absolute Gasteiger partial charge is 0.370 e. The molecule has 1 unspecified atom stereocenters. The second-order valence-electron chi connectivity index (χ2n) is 10.3. The van der Waals surface area contributed by atoms with Crippen molar-refractivity contribution in [1.29, 1.82) is 0 Å². The van der Waals surface area contributed by atoms with Gasteiger partial charge in [0.2, 0.25) is 29.3 Å². The minimum Gasteiger partial charge on any atom is -0.370 e. The van der Waals surface area contributed by atoms with Crippen LogP contribution in [0.2, 0.25) is 0 Å². The molecule has 3 amide bonds. The van der Waals surface area contributed by atoms with Crippen LogP contribution in [-0.2, 0) is 30.4 Å². The Morgan fingerprint density at radius 2 is 1.45 bits per heavy atom. The summed E-state index contributed by atoms with van der Waals surface area (Å²) in [6.45, 7) is 10.2. The second kappa shape index (κ2) is 16.6. The van der Waals surface area contributed by atoms with Crippen molar-refractivity contribution < 1.29 is 24.0 Å². The number of hydrogen-bond donors (Lipinski definition) is 7. The van der Waals surface area contributed by atoms with E-state index >= 15 is 0 Å². The Hall–Kier alpha value is -3.16. The Labute approximate surface area is 224 Å². The van der Waals surface area contributed by atoms with Crippen LogP contribution in [0.5, 0.6) is 0 Å². The molecule has 0 bridgehead atoms. The monoisotopic (exact) mass is 536 g/mol. The van der Waals surface area contributed by atoms with Gasteiger partial charge in [-0.1, -0.05) is 34.6 Å². The first kappa shape index (κ1) is 32.9. The highest BCUT2D eigenvalue weighted by molar-refractivity contribution is 6.41. The van der Waals surface area contributed by atoms with Crippen LogP contribution in [0.25, 0.3) is 0 Å². The molecule has 9 N–H and O–H groups in total. The first-order chi connectivity index (χ1) is 17.9. The van der Waals surface area contributed by atoms with E-state index in [0.29, 0.717) is 25.1 Å². The highest BCUT2D eigenvalue weighted by atomic mass is 16.2. The average molecular weight is 537 g/mol. The maximum absolute atomic E-state index is 13.4. The van der Waals surface area contributed by atoms with Gasteiger partial charge in [-0.15, -0.1) is 0 Å². The van der Waals surface area contributed by atoms with E-state index in [1.165, 1.54) is 12.5 Å². The van der Waals surface area contributed by atoms with Gasteiger partial charge in [-0.05, 0) is 37.6 Å². The Balaban J connectivity index is 3.18. The van der Waals surface area contributed by atoms with Crippen LogP contribution in [0.15, 0.2) is 12.5 Å². The maximum atomic E-state index is 13.4. The molecule has 0 spiro atoms. The van der Waals surface area contributed by atoms with Crippen molar-refractivity contribution in [1.82, 2.24) is 31.3 Å². The predicted octanol–water partition coefficient (Wildman–Crippen LogP) is -0.772. The zero-order chi connectivity index (χ0) is 28.8. The number of nitrogens with zero attached hydrogens (tertiary/aromatic N) is 1. The van der Waals surface area contributed by atoms with Crippen LogP contribution in [-0.4, -0.2) is 70.0 Å². The van der Waals surface area contributed by atoms with Crippen molar-refractivity contribution >= 4 is 29.3 Å². The van der Waals surface area contributed by atoms with Gasteiger partial charge in [-0.25, -0.2) is 10.4 Å².